The van der Waals surface area contributed by atoms with Crippen molar-refractivity contribution in [2.24, 2.45) is 5.11 Å². The first-order valence-electron chi connectivity index (χ1n) is 8.34. The Bertz CT molecular complexity index is 901. The van der Waals surface area contributed by atoms with Gasteiger partial charge in [-0.25, -0.2) is 4.79 Å². The van der Waals surface area contributed by atoms with E-state index in [9.17, 15) is 14.7 Å². The minimum Gasteiger partial charge on any atom is -0.394 e. The number of nitrogens with zero attached hydrogens (tertiary/aromatic N) is 5. The van der Waals surface area contributed by atoms with Crippen LogP contribution in [0.3, 0.4) is 0 Å². The van der Waals surface area contributed by atoms with Crippen molar-refractivity contribution in [2.45, 2.75) is 44.4 Å². The van der Waals surface area contributed by atoms with Crippen LogP contribution in [0.5, 0.6) is 0 Å². The monoisotopic (exact) mass is 380 g/mol. The van der Waals surface area contributed by atoms with Crippen LogP contribution >= 0.6 is 0 Å². The predicted octanol–water partition coefficient (Wildman–Crippen LogP) is -0.943. The maximum atomic E-state index is 12.9. The number of aryl methyl sites for hydroxylation is 1. The first-order valence-corrected chi connectivity index (χ1v) is 8.34. The lowest BCUT2D eigenvalue weighted by atomic mass is 10.1. The van der Waals surface area contributed by atoms with Crippen molar-refractivity contribution >= 4 is 0 Å². The van der Waals surface area contributed by atoms with Crippen LogP contribution in [0.2, 0.25) is 0 Å². The lowest BCUT2D eigenvalue weighted by Crippen LogP contribution is -2.44. The second-order valence-corrected chi connectivity index (χ2v) is 6.35. The Morgan fingerprint density at radius 3 is 2.85 bits per heavy atom. The molecular weight excluding hydrogens is 360 g/mol. The van der Waals surface area contributed by atoms with Crippen molar-refractivity contribution in [3.8, 4) is 0 Å². The number of nitrogens with one attached hydrogen (secondary N) is 1. The van der Waals surface area contributed by atoms with Crippen molar-refractivity contribution in [3.63, 3.8) is 0 Å². The van der Waals surface area contributed by atoms with Crippen LogP contribution in [0.4, 0.5) is 0 Å². The van der Waals surface area contributed by atoms with Crippen LogP contribution in [0.25, 0.3) is 10.4 Å². The molecule has 0 aromatic carbocycles. The predicted molar refractivity (Wildman–Crippen MR) is 91.4 cm³/mol. The number of rotatable bonds is 6. The fourth-order valence-electron chi connectivity index (χ4n) is 3.16. The van der Waals surface area contributed by atoms with Crippen LogP contribution in [-0.2, 0) is 16.1 Å². The lowest BCUT2D eigenvalue weighted by Gasteiger charge is -2.18. The van der Waals surface area contributed by atoms with Gasteiger partial charge in [-0.1, -0.05) is 5.11 Å². The summed E-state index contributed by atoms with van der Waals surface area (Å²) < 4.78 is 7.92. The third-order valence-electron chi connectivity index (χ3n) is 4.52. The second-order valence-electron chi connectivity index (χ2n) is 6.35. The van der Waals surface area contributed by atoms with Crippen LogP contribution in [0.1, 0.15) is 18.2 Å². The van der Waals surface area contributed by atoms with Gasteiger partial charge in [0.15, 0.2) is 0 Å². The second kappa shape index (κ2) is 7.94. The number of hydrogen-bond acceptors (Lipinski definition) is 8. The topological polar surface area (TPSA) is 164 Å². The SMILES string of the molecule is Cc1cn([C@H]2C[C@H](N=[N+]=[N-])[C@@H](CO)O2)c(=O)n(CC2C=C(CO)NO2)c1=O. The average molecular weight is 380 g/mol. The zero-order valence-corrected chi connectivity index (χ0v) is 14.6. The summed E-state index contributed by atoms with van der Waals surface area (Å²) >= 11 is 0. The number of aromatic nitrogens is 2. The number of ether oxygens (including phenoxy) is 1. The Balaban J connectivity index is 1.93. The summed E-state index contributed by atoms with van der Waals surface area (Å²) in [5, 5.41) is 22.1. The van der Waals surface area contributed by atoms with E-state index in [1.165, 1.54) is 10.8 Å². The summed E-state index contributed by atoms with van der Waals surface area (Å²) in [6, 6.07) is -0.616. The first kappa shape index (κ1) is 19.1. The molecule has 1 aromatic heterocycles. The first-order chi connectivity index (χ1) is 13.0. The third-order valence-corrected chi connectivity index (χ3v) is 4.52. The number of aliphatic hydroxyl groups excluding tert-OH is 2. The highest BCUT2D eigenvalue weighted by Gasteiger charge is 2.36. The summed E-state index contributed by atoms with van der Waals surface area (Å²) in [6.45, 7) is 0.916. The molecule has 0 bridgehead atoms. The van der Waals surface area contributed by atoms with Gasteiger partial charge in [0, 0.05) is 23.1 Å². The molecule has 27 heavy (non-hydrogen) atoms. The van der Waals surface area contributed by atoms with Gasteiger partial charge in [0.25, 0.3) is 5.56 Å². The summed E-state index contributed by atoms with van der Waals surface area (Å²) in [6.07, 6.45) is 1.07. The van der Waals surface area contributed by atoms with Gasteiger partial charge in [0.1, 0.15) is 12.3 Å². The molecular formula is C15H20N6O6. The van der Waals surface area contributed by atoms with E-state index in [2.05, 4.69) is 15.5 Å². The van der Waals surface area contributed by atoms with E-state index < -0.39 is 35.7 Å². The van der Waals surface area contributed by atoms with Crippen LogP contribution in [0, 0.1) is 6.92 Å². The summed E-state index contributed by atoms with van der Waals surface area (Å²) in [4.78, 5) is 33.3. The fraction of sp³-hybridized carbons (Fsp3) is 0.600. The molecule has 3 heterocycles. The largest absolute Gasteiger partial charge is 0.394 e. The summed E-state index contributed by atoms with van der Waals surface area (Å²) in [7, 11) is 0. The van der Waals surface area contributed by atoms with E-state index in [0.717, 1.165) is 4.57 Å². The lowest BCUT2D eigenvalue weighted by molar-refractivity contribution is -0.0283. The maximum Gasteiger partial charge on any atom is 0.333 e. The van der Waals surface area contributed by atoms with Gasteiger partial charge in [0.05, 0.1) is 37.6 Å². The van der Waals surface area contributed by atoms with Crippen LogP contribution in [-0.4, -0.2) is 50.8 Å². The van der Waals surface area contributed by atoms with E-state index in [-0.39, 0.29) is 26.2 Å². The van der Waals surface area contributed by atoms with E-state index in [1.54, 1.807) is 13.0 Å². The minimum absolute atomic E-state index is 0.0498. The Morgan fingerprint density at radius 2 is 2.22 bits per heavy atom. The molecule has 2 aliphatic heterocycles. The molecule has 1 aromatic rings. The molecule has 0 saturated carbocycles. The van der Waals surface area contributed by atoms with Crippen LogP contribution < -0.4 is 16.7 Å². The molecule has 4 atom stereocenters. The maximum absolute atomic E-state index is 12.9. The highest BCUT2D eigenvalue weighted by atomic mass is 16.7. The Hall–Kier alpha value is -2.63. The van der Waals surface area contributed by atoms with Crippen LogP contribution in [0.15, 0.2) is 32.7 Å². The van der Waals surface area contributed by atoms with Gasteiger partial charge in [0.2, 0.25) is 0 Å². The number of hydrogen-bond donors (Lipinski definition) is 3. The molecule has 0 amide bonds. The third kappa shape index (κ3) is 3.75. The van der Waals surface area contributed by atoms with Crippen molar-refractivity contribution in [3.05, 3.63) is 54.8 Å². The fourth-order valence-corrected chi connectivity index (χ4v) is 3.16. The molecule has 1 unspecified atom stereocenters. The minimum atomic E-state index is -0.776. The van der Waals surface area contributed by atoms with E-state index in [4.69, 9.17) is 20.2 Å². The molecule has 12 nitrogen and oxygen atoms in total. The molecule has 1 saturated heterocycles. The highest BCUT2D eigenvalue weighted by Crippen LogP contribution is 2.29. The Kier molecular flexibility index (Phi) is 5.63. The molecule has 3 N–H and O–H groups in total. The molecule has 1 fully saturated rings. The molecule has 0 radical (unpaired) electrons. The van der Waals surface area contributed by atoms with E-state index >= 15 is 0 Å². The van der Waals surface area contributed by atoms with Gasteiger partial charge in [-0.05, 0) is 18.5 Å². The number of azide groups is 1. The zero-order valence-electron chi connectivity index (χ0n) is 14.6. The van der Waals surface area contributed by atoms with Gasteiger partial charge < -0.3 is 14.9 Å². The van der Waals surface area contributed by atoms with E-state index in [1.807, 2.05) is 0 Å². The van der Waals surface area contributed by atoms with Gasteiger partial charge in [-0.2, -0.15) is 0 Å². The molecule has 12 heteroatoms. The highest BCUT2D eigenvalue weighted by molar-refractivity contribution is 5.08. The van der Waals surface area contributed by atoms with E-state index in [0.29, 0.717) is 11.3 Å². The van der Waals surface area contributed by atoms with Crippen molar-refractivity contribution in [1.29, 1.82) is 0 Å². The van der Waals surface area contributed by atoms with Crippen molar-refractivity contribution < 1.29 is 19.8 Å². The van der Waals surface area contributed by atoms with Gasteiger partial charge in [-0.15, -0.1) is 0 Å². The average Bonchev–Trinajstić information content (AvgIpc) is 3.28. The smallest absolute Gasteiger partial charge is 0.333 e. The van der Waals surface area contributed by atoms with Gasteiger partial charge >= 0.3 is 5.69 Å². The molecule has 0 aliphatic carbocycles. The Labute approximate surface area is 152 Å². The molecule has 0 spiro atoms. The molecule has 2 aliphatic rings. The van der Waals surface area contributed by atoms with Gasteiger partial charge in [-0.3, -0.25) is 24.2 Å². The number of hydroxylamine groups is 1. The summed E-state index contributed by atoms with van der Waals surface area (Å²) in [5.74, 6) is 0. The van der Waals surface area contributed by atoms with Crippen molar-refractivity contribution in [1.82, 2.24) is 14.6 Å². The Morgan fingerprint density at radius 1 is 1.44 bits per heavy atom. The summed E-state index contributed by atoms with van der Waals surface area (Å²) in [5.41, 5.74) is 10.9. The zero-order chi connectivity index (χ0) is 19.6. The molecule has 3 rings (SSSR count). The standard InChI is InChI=1S/C15H20N6O6/c1-8-4-20(13-3-11(17-19-16)12(7-23)26-13)15(25)21(14(8)24)5-10-2-9(6-22)18-27-10/h2,4,10-13,18,22-23H,3,5-7H2,1H3/t10?,11-,12+,13+/m0/s1. The number of aliphatic hydroxyl groups is 2. The normalized spacial score (nSPS) is 27.1. The van der Waals surface area contributed by atoms with Crippen molar-refractivity contribution in [2.75, 3.05) is 13.2 Å². The molecule has 146 valence electrons. The quantitative estimate of drug-likeness (QED) is 0.325.